The van der Waals surface area contributed by atoms with Crippen molar-refractivity contribution in [2.75, 3.05) is 4.90 Å². The topological polar surface area (TPSA) is 115 Å². The number of anilines is 1. The van der Waals surface area contributed by atoms with E-state index in [0.29, 0.717) is 17.1 Å². The molecule has 4 rings (SSSR count). The van der Waals surface area contributed by atoms with Gasteiger partial charge in [-0.1, -0.05) is 12.1 Å². The lowest BCUT2D eigenvalue weighted by atomic mass is 10.1. The molecule has 0 atom stereocenters. The summed E-state index contributed by atoms with van der Waals surface area (Å²) < 4.78 is 1.61. The Morgan fingerprint density at radius 3 is 2.44 bits per heavy atom. The summed E-state index contributed by atoms with van der Waals surface area (Å²) in [6.45, 7) is 3.77. The van der Waals surface area contributed by atoms with Crippen molar-refractivity contribution in [2.24, 2.45) is 0 Å². The molecular formula is C23H18N4O5. The first-order valence-electron chi connectivity index (χ1n) is 9.67. The van der Waals surface area contributed by atoms with Crippen LogP contribution in [0.15, 0.2) is 66.4 Å². The van der Waals surface area contributed by atoms with Gasteiger partial charge in [0, 0.05) is 24.0 Å². The molecule has 1 aromatic heterocycles. The molecule has 3 aromatic rings. The van der Waals surface area contributed by atoms with Gasteiger partial charge in [0.2, 0.25) is 0 Å². The molecule has 9 heteroatoms. The van der Waals surface area contributed by atoms with Crippen LogP contribution in [-0.2, 0) is 9.59 Å². The number of nitro groups is 1. The molecule has 0 aliphatic carbocycles. The van der Waals surface area contributed by atoms with E-state index in [2.05, 4.69) is 5.32 Å². The zero-order chi connectivity index (χ0) is 23.0. The Morgan fingerprint density at radius 2 is 1.72 bits per heavy atom. The van der Waals surface area contributed by atoms with E-state index in [0.717, 1.165) is 16.0 Å². The minimum Gasteiger partial charge on any atom is -0.317 e. The van der Waals surface area contributed by atoms with Crippen LogP contribution in [0.3, 0.4) is 0 Å². The van der Waals surface area contributed by atoms with Gasteiger partial charge in [-0.3, -0.25) is 25.0 Å². The zero-order valence-corrected chi connectivity index (χ0v) is 17.2. The molecule has 160 valence electrons. The quantitative estimate of drug-likeness (QED) is 0.294. The number of amides is 4. The number of barbiturate groups is 1. The number of nitrogens with one attached hydrogen (secondary N) is 1. The molecule has 1 fully saturated rings. The number of aryl methyl sites for hydroxylation is 2. The number of aromatic nitrogens is 1. The summed E-state index contributed by atoms with van der Waals surface area (Å²) in [6, 6.07) is 13.6. The second-order valence-electron chi connectivity index (χ2n) is 7.31. The van der Waals surface area contributed by atoms with Crippen molar-refractivity contribution in [1.29, 1.82) is 0 Å². The first-order chi connectivity index (χ1) is 15.3. The standard InChI is InChI=1S/C23H18N4O5/c1-14-8-9-18(11-15(14)2)26-22(29)20(21(28)24-23(26)30)13-17-7-4-10-25(17)16-5-3-6-19(12-16)27(31)32/h3-13H,1-2H3,(H,24,28,30)/b20-13+. The number of rotatable bonds is 4. The monoisotopic (exact) mass is 430 g/mol. The summed E-state index contributed by atoms with van der Waals surface area (Å²) in [4.78, 5) is 49.6. The summed E-state index contributed by atoms with van der Waals surface area (Å²) in [5, 5.41) is 13.3. The van der Waals surface area contributed by atoms with Crippen molar-refractivity contribution >= 4 is 35.3 Å². The predicted molar refractivity (Wildman–Crippen MR) is 117 cm³/mol. The molecule has 2 heterocycles. The van der Waals surface area contributed by atoms with E-state index < -0.39 is 22.8 Å². The number of urea groups is 1. The van der Waals surface area contributed by atoms with Gasteiger partial charge in [0.15, 0.2) is 0 Å². The Hall–Kier alpha value is -4.53. The smallest absolute Gasteiger partial charge is 0.317 e. The van der Waals surface area contributed by atoms with Crippen molar-refractivity contribution in [3.8, 4) is 5.69 Å². The van der Waals surface area contributed by atoms with Gasteiger partial charge in [-0.05, 0) is 61.4 Å². The predicted octanol–water partition coefficient (Wildman–Crippen LogP) is 3.67. The largest absolute Gasteiger partial charge is 0.335 e. The maximum Gasteiger partial charge on any atom is 0.335 e. The number of carbonyl (C=O) groups is 3. The fourth-order valence-electron chi connectivity index (χ4n) is 3.41. The molecule has 1 saturated heterocycles. The normalized spacial score (nSPS) is 15.2. The lowest BCUT2D eigenvalue weighted by Gasteiger charge is -2.27. The van der Waals surface area contributed by atoms with Crippen LogP contribution in [0.2, 0.25) is 0 Å². The maximum absolute atomic E-state index is 13.1. The van der Waals surface area contributed by atoms with Crippen LogP contribution in [0.5, 0.6) is 0 Å². The highest BCUT2D eigenvalue weighted by atomic mass is 16.6. The molecule has 0 unspecified atom stereocenters. The third-order valence-electron chi connectivity index (χ3n) is 5.24. The van der Waals surface area contributed by atoms with Gasteiger partial charge in [0.1, 0.15) is 5.57 Å². The number of non-ortho nitro benzene ring substituents is 1. The number of benzene rings is 2. The molecule has 4 amide bonds. The van der Waals surface area contributed by atoms with E-state index >= 15 is 0 Å². The number of carbonyl (C=O) groups excluding carboxylic acids is 3. The molecule has 0 radical (unpaired) electrons. The summed E-state index contributed by atoms with van der Waals surface area (Å²) in [6.07, 6.45) is 3.01. The maximum atomic E-state index is 13.1. The van der Waals surface area contributed by atoms with Crippen LogP contribution in [0.25, 0.3) is 11.8 Å². The van der Waals surface area contributed by atoms with E-state index in [1.54, 1.807) is 53.2 Å². The number of hydrogen-bond acceptors (Lipinski definition) is 5. The minimum absolute atomic E-state index is 0.0900. The van der Waals surface area contributed by atoms with Gasteiger partial charge in [0.05, 0.1) is 16.3 Å². The first-order valence-corrected chi connectivity index (χ1v) is 9.67. The summed E-state index contributed by atoms with van der Waals surface area (Å²) in [5.41, 5.74) is 2.86. The SMILES string of the molecule is Cc1ccc(N2C(=O)NC(=O)/C(=C\c3cccn3-c3cccc([N+](=O)[O-])c3)C2=O)cc1C. The lowest BCUT2D eigenvalue weighted by Crippen LogP contribution is -2.54. The number of hydrogen-bond donors (Lipinski definition) is 1. The van der Waals surface area contributed by atoms with Gasteiger partial charge >= 0.3 is 6.03 Å². The molecule has 0 saturated carbocycles. The second kappa shape index (κ2) is 7.95. The molecular weight excluding hydrogens is 412 g/mol. The Morgan fingerprint density at radius 1 is 0.938 bits per heavy atom. The second-order valence-corrected chi connectivity index (χ2v) is 7.31. The molecule has 0 spiro atoms. The van der Waals surface area contributed by atoms with E-state index in [-0.39, 0.29) is 11.3 Å². The van der Waals surface area contributed by atoms with Crippen molar-refractivity contribution < 1.29 is 19.3 Å². The molecule has 1 aliphatic heterocycles. The van der Waals surface area contributed by atoms with E-state index in [4.69, 9.17) is 0 Å². The van der Waals surface area contributed by atoms with Gasteiger partial charge in [0.25, 0.3) is 17.5 Å². The Kier molecular flexibility index (Phi) is 5.15. The van der Waals surface area contributed by atoms with E-state index in [1.807, 2.05) is 13.8 Å². The van der Waals surface area contributed by atoms with Crippen LogP contribution in [0.1, 0.15) is 16.8 Å². The van der Waals surface area contributed by atoms with Gasteiger partial charge < -0.3 is 4.57 Å². The highest BCUT2D eigenvalue weighted by Crippen LogP contribution is 2.25. The highest BCUT2D eigenvalue weighted by molar-refractivity contribution is 6.39. The van der Waals surface area contributed by atoms with Crippen LogP contribution < -0.4 is 10.2 Å². The molecule has 2 aromatic carbocycles. The van der Waals surface area contributed by atoms with E-state index in [9.17, 15) is 24.5 Å². The summed E-state index contributed by atoms with van der Waals surface area (Å²) in [7, 11) is 0. The van der Waals surface area contributed by atoms with Crippen molar-refractivity contribution in [3.63, 3.8) is 0 Å². The average molecular weight is 430 g/mol. The Bertz CT molecular complexity index is 1320. The molecule has 1 N–H and O–H groups in total. The van der Waals surface area contributed by atoms with Gasteiger partial charge in [-0.2, -0.15) is 0 Å². The zero-order valence-electron chi connectivity index (χ0n) is 17.2. The van der Waals surface area contributed by atoms with Gasteiger partial charge in [-0.15, -0.1) is 0 Å². The third kappa shape index (κ3) is 3.67. The average Bonchev–Trinajstić information content (AvgIpc) is 3.22. The molecule has 0 bridgehead atoms. The fraction of sp³-hybridized carbons (Fsp3) is 0.0870. The summed E-state index contributed by atoms with van der Waals surface area (Å²) in [5.74, 6) is -1.57. The summed E-state index contributed by atoms with van der Waals surface area (Å²) >= 11 is 0. The van der Waals surface area contributed by atoms with Crippen molar-refractivity contribution in [3.05, 3.63) is 93.3 Å². The van der Waals surface area contributed by atoms with E-state index in [1.165, 1.54) is 18.2 Å². The first kappa shape index (κ1) is 20.7. The van der Waals surface area contributed by atoms with Crippen LogP contribution >= 0.6 is 0 Å². The number of imide groups is 2. The number of nitrogens with zero attached hydrogens (tertiary/aromatic N) is 3. The minimum atomic E-state index is -0.825. The Balaban J connectivity index is 1.75. The van der Waals surface area contributed by atoms with Crippen molar-refractivity contribution in [2.45, 2.75) is 13.8 Å². The van der Waals surface area contributed by atoms with Crippen LogP contribution in [0, 0.1) is 24.0 Å². The van der Waals surface area contributed by atoms with Gasteiger partial charge in [-0.25, -0.2) is 9.69 Å². The number of nitro benzene ring substituents is 1. The third-order valence-corrected chi connectivity index (χ3v) is 5.24. The molecule has 9 nitrogen and oxygen atoms in total. The molecule has 32 heavy (non-hydrogen) atoms. The van der Waals surface area contributed by atoms with Crippen LogP contribution in [-0.4, -0.2) is 27.3 Å². The van der Waals surface area contributed by atoms with Crippen LogP contribution in [0.4, 0.5) is 16.2 Å². The fourth-order valence-corrected chi connectivity index (χ4v) is 3.41. The Labute approximate surface area is 182 Å². The highest BCUT2D eigenvalue weighted by Gasteiger charge is 2.37. The molecule has 1 aliphatic rings. The van der Waals surface area contributed by atoms with Crippen molar-refractivity contribution in [1.82, 2.24) is 9.88 Å². The lowest BCUT2D eigenvalue weighted by molar-refractivity contribution is -0.384.